The Morgan fingerprint density at radius 1 is 0.310 bits per heavy atom. The molecule has 0 saturated carbocycles. The number of rotatable bonds is 5. The molecule has 0 atom stereocenters. The van der Waals surface area contributed by atoms with Crippen LogP contribution in [-0.4, -0.2) is 19.1 Å². The summed E-state index contributed by atoms with van der Waals surface area (Å²) in [6.07, 6.45) is 0. The van der Waals surface area contributed by atoms with E-state index in [2.05, 4.69) is 209 Å². The number of nitrogens with zero attached hydrogens (tertiary/aromatic N) is 4. The summed E-state index contributed by atoms with van der Waals surface area (Å²) in [6, 6.07) is 73.9. The van der Waals surface area contributed by atoms with E-state index in [0.717, 1.165) is 50.0 Å². The predicted molar refractivity (Wildman–Crippen MR) is 242 cm³/mol. The Labute approximate surface area is 334 Å². The molecule has 3 aromatic heterocycles. The molecule has 0 aliphatic rings. The average molecular weight is 739 g/mol. The summed E-state index contributed by atoms with van der Waals surface area (Å²) in [5.74, 6) is 0.657. The Bertz CT molecular complexity index is 3540. The molecular weight excluding hydrogens is 705 g/mol. The van der Waals surface area contributed by atoms with E-state index < -0.39 is 0 Å². The molecule has 0 aliphatic heterocycles. The normalized spacial score (nSPS) is 11.8. The zero-order valence-corrected chi connectivity index (χ0v) is 31.4. The van der Waals surface area contributed by atoms with Crippen molar-refractivity contribution >= 4 is 65.3 Å². The summed E-state index contributed by atoms with van der Waals surface area (Å²) in [6.45, 7) is 0. The van der Waals surface area contributed by atoms with Gasteiger partial charge in [0.25, 0.3) is 0 Å². The number of hydrogen-bond donors (Lipinski definition) is 0. The van der Waals surface area contributed by atoms with Gasteiger partial charge in [-0.25, -0.2) is 9.97 Å². The van der Waals surface area contributed by atoms with Gasteiger partial charge in [-0.15, -0.1) is 0 Å². The largest absolute Gasteiger partial charge is 0.309 e. The van der Waals surface area contributed by atoms with Gasteiger partial charge in [-0.1, -0.05) is 158 Å². The minimum atomic E-state index is 0.657. The van der Waals surface area contributed by atoms with E-state index in [1.807, 2.05) is 6.07 Å². The topological polar surface area (TPSA) is 35.6 Å². The summed E-state index contributed by atoms with van der Waals surface area (Å²) < 4.78 is 4.65. The van der Waals surface area contributed by atoms with Crippen molar-refractivity contribution in [3.8, 4) is 45.1 Å². The van der Waals surface area contributed by atoms with E-state index in [4.69, 9.17) is 9.97 Å². The molecule has 4 nitrogen and oxygen atoms in total. The maximum atomic E-state index is 5.34. The molecule has 12 rings (SSSR count). The van der Waals surface area contributed by atoms with Gasteiger partial charge < -0.3 is 4.57 Å². The van der Waals surface area contributed by atoms with Crippen LogP contribution in [0.2, 0.25) is 0 Å². The summed E-state index contributed by atoms with van der Waals surface area (Å²) in [5.41, 5.74) is 13.3. The highest BCUT2D eigenvalue weighted by molar-refractivity contribution is 6.22. The van der Waals surface area contributed by atoms with Crippen LogP contribution in [0, 0.1) is 0 Å². The zero-order valence-electron chi connectivity index (χ0n) is 31.4. The summed E-state index contributed by atoms with van der Waals surface area (Å²) in [5, 5.41) is 8.28. The highest BCUT2D eigenvalue weighted by atomic mass is 15.2. The molecule has 0 radical (unpaired) electrons. The van der Waals surface area contributed by atoms with Crippen molar-refractivity contribution in [2.24, 2.45) is 0 Å². The van der Waals surface area contributed by atoms with Gasteiger partial charge >= 0.3 is 0 Å². The average Bonchev–Trinajstić information content (AvgIpc) is 3.82. The first kappa shape index (κ1) is 32.4. The van der Waals surface area contributed by atoms with E-state index in [9.17, 15) is 0 Å². The molecule has 9 aromatic carbocycles. The lowest BCUT2D eigenvalue weighted by atomic mass is 9.99. The molecule has 0 unspecified atom stereocenters. The van der Waals surface area contributed by atoms with Crippen LogP contribution in [0.4, 0.5) is 0 Å². The second kappa shape index (κ2) is 12.9. The summed E-state index contributed by atoms with van der Waals surface area (Å²) >= 11 is 0. The highest BCUT2D eigenvalue weighted by Gasteiger charge is 2.20. The van der Waals surface area contributed by atoms with Crippen LogP contribution in [-0.2, 0) is 0 Å². The van der Waals surface area contributed by atoms with Crippen LogP contribution in [0.15, 0.2) is 206 Å². The maximum Gasteiger partial charge on any atom is 0.235 e. The van der Waals surface area contributed by atoms with Gasteiger partial charge in [-0.05, 0) is 81.6 Å². The molecule has 0 N–H and O–H groups in total. The fourth-order valence-corrected chi connectivity index (χ4v) is 9.03. The van der Waals surface area contributed by atoms with Gasteiger partial charge in [0.2, 0.25) is 5.95 Å². The van der Waals surface area contributed by atoms with E-state index in [-0.39, 0.29) is 0 Å². The van der Waals surface area contributed by atoms with E-state index in [0.29, 0.717) is 5.95 Å². The standard InChI is InChI=1S/C54H34N4/c1-3-13-35(14-4-1)36-23-28-41(29-24-36)57-48-22-12-10-19-43(48)44-30-25-40(34-51(44)57)39-27-31-49-46(33-39)52-42-18-8-7-15-37(42)26-32-50(52)58(49)54-55-47-21-11-9-20-45(47)53(56-54)38-16-5-2-6-17-38/h1-34H. The van der Waals surface area contributed by atoms with Crippen molar-refractivity contribution in [3.63, 3.8) is 0 Å². The van der Waals surface area contributed by atoms with E-state index in [1.165, 1.54) is 54.5 Å². The monoisotopic (exact) mass is 738 g/mol. The van der Waals surface area contributed by atoms with Crippen molar-refractivity contribution in [1.82, 2.24) is 19.1 Å². The van der Waals surface area contributed by atoms with Crippen LogP contribution in [0.3, 0.4) is 0 Å². The van der Waals surface area contributed by atoms with Crippen LogP contribution >= 0.6 is 0 Å². The van der Waals surface area contributed by atoms with Crippen molar-refractivity contribution in [2.45, 2.75) is 0 Å². The number of aromatic nitrogens is 4. The Balaban J connectivity index is 1.08. The van der Waals surface area contributed by atoms with Crippen LogP contribution in [0.1, 0.15) is 0 Å². The van der Waals surface area contributed by atoms with E-state index >= 15 is 0 Å². The zero-order chi connectivity index (χ0) is 38.2. The van der Waals surface area contributed by atoms with Gasteiger partial charge in [-0.2, -0.15) is 0 Å². The SMILES string of the molecule is c1ccc(-c2ccc(-n3c4ccccc4c4ccc(-c5ccc6c(c5)c5c7ccccc7ccc5n6-c5nc(-c6ccccc6)c6ccccc6n5)cc43)cc2)cc1. The fraction of sp³-hybridized carbons (Fsp3) is 0. The lowest BCUT2D eigenvalue weighted by molar-refractivity contribution is 1.01. The minimum Gasteiger partial charge on any atom is -0.309 e. The number of fused-ring (bicyclic) bond motifs is 9. The quantitative estimate of drug-likeness (QED) is 0.176. The number of hydrogen-bond acceptors (Lipinski definition) is 2. The molecule has 0 fully saturated rings. The molecule has 58 heavy (non-hydrogen) atoms. The van der Waals surface area contributed by atoms with Crippen LogP contribution in [0.25, 0.3) is 110 Å². The number of benzene rings is 9. The Morgan fingerprint density at radius 3 is 1.72 bits per heavy atom. The third-order valence-corrected chi connectivity index (χ3v) is 11.7. The molecule has 0 spiro atoms. The molecular formula is C54H34N4. The molecule has 270 valence electrons. The van der Waals surface area contributed by atoms with E-state index in [1.54, 1.807) is 0 Å². The summed E-state index contributed by atoms with van der Waals surface area (Å²) in [4.78, 5) is 10.6. The fourth-order valence-electron chi connectivity index (χ4n) is 9.03. The second-order valence-electron chi connectivity index (χ2n) is 15.0. The highest BCUT2D eigenvalue weighted by Crippen LogP contribution is 2.41. The molecule has 0 saturated heterocycles. The molecule has 3 heterocycles. The maximum absolute atomic E-state index is 5.34. The van der Waals surface area contributed by atoms with Crippen molar-refractivity contribution < 1.29 is 0 Å². The molecule has 0 aliphatic carbocycles. The lowest BCUT2D eigenvalue weighted by Gasteiger charge is -2.12. The minimum absolute atomic E-state index is 0.657. The lowest BCUT2D eigenvalue weighted by Crippen LogP contribution is -2.03. The Hall–Kier alpha value is -7.82. The first-order valence-corrected chi connectivity index (χ1v) is 19.7. The first-order chi connectivity index (χ1) is 28.8. The van der Waals surface area contributed by atoms with Gasteiger partial charge in [0, 0.05) is 38.2 Å². The molecule has 0 amide bonds. The van der Waals surface area contributed by atoms with Gasteiger partial charge in [-0.3, -0.25) is 4.57 Å². The van der Waals surface area contributed by atoms with Crippen molar-refractivity contribution in [3.05, 3.63) is 206 Å². The van der Waals surface area contributed by atoms with Crippen LogP contribution in [0.5, 0.6) is 0 Å². The molecule has 12 aromatic rings. The first-order valence-electron chi connectivity index (χ1n) is 19.7. The number of para-hydroxylation sites is 2. The van der Waals surface area contributed by atoms with Crippen LogP contribution < -0.4 is 0 Å². The Morgan fingerprint density at radius 2 is 0.897 bits per heavy atom. The van der Waals surface area contributed by atoms with Gasteiger partial charge in [0.1, 0.15) is 0 Å². The molecule has 4 heteroatoms. The third-order valence-electron chi connectivity index (χ3n) is 11.7. The van der Waals surface area contributed by atoms with Gasteiger partial charge in [0.05, 0.1) is 33.3 Å². The molecule has 0 bridgehead atoms. The van der Waals surface area contributed by atoms with Crippen molar-refractivity contribution in [1.29, 1.82) is 0 Å². The third kappa shape index (κ3) is 5.02. The van der Waals surface area contributed by atoms with Crippen molar-refractivity contribution in [2.75, 3.05) is 0 Å². The Kier molecular flexibility index (Phi) is 7.20. The smallest absolute Gasteiger partial charge is 0.235 e. The predicted octanol–water partition coefficient (Wildman–Crippen LogP) is 14.0. The van der Waals surface area contributed by atoms with Gasteiger partial charge in [0.15, 0.2) is 0 Å². The second-order valence-corrected chi connectivity index (χ2v) is 15.0. The summed E-state index contributed by atoms with van der Waals surface area (Å²) in [7, 11) is 0.